The zero-order chi connectivity index (χ0) is 19.3. The smallest absolute Gasteiger partial charge is 0.191 e. The molecule has 0 radical (unpaired) electrons. The fourth-order valence-electron chi connectivity index (χ4n) is 3.38. The Morgan fingerprint density at radius 1 is 1.19 bits per heavy atom. The number of hydrogen-bond donors (Lipinski definition) is 3. The second-order valence-corrected chi connectivity index (χ2v) is 6.89. The second-order valence-electron chi connectivity index (χ2n) is 6.89. The van der Waals surface area contributed by atoms with E-state index in [1.54, 1.807) is 13.2 Å². The highest BCUT2D eigenvalue weighted by Gasteiger charge is 2.12. The van der Waals surface area contributed by atoms with E-state index >= 15 is 0 Å². The third-order valence-corrected chi connectivity index (χ3v) is 4.85. The van der Waals surface area contributed by atoms with Crippen LogP contribution in [0.4, 0.5) is 0 Å². The molecule has 1 aromatic rings. The number of aromatic hydroxyl groups is 1. The van der Waals surface area contributed by atoms with Gasteiger partial charge in [-0.25, -0.2) is 0 Å². The van der Waals surface area contributed by atoms with Gasteiger partial charge in [-0.2, -0.15) is 0 Å². The van der Waals surface area contributed by atoms with Crippen molar-refractivity contribution in [1.29, 1.82) is 0 Å². The molecule has 0 amide bonds. The summed E-state index contributed by atoms with van der Waals surface area (Å²) >= 11 is 0. The van der Waals surface area contributed by atoms with Crippen molar-refractivity contribution in [1.82, 2.24) is 10.6 Å². The summed E-state index contributed by atoms with van der Waals surface area (Å²) in [7, 11) is 1.56. The average molecular weight is 378 g/mol. The molecule has 27 heavy (non-hydrogen) atoms. The van der Waals surface area contributed by atoms with Crippen molar-refractivity contribution in [2.24, 2.45) is 4.99 Å². The van der Waals surface area contributed by atoms with Gasteiger partial charge in [-0.3, -0.25) is 4.99 Å². The Bertz CT molecular complexity index is 570. The van der Waals surface area contributed by atoms with Gasteiger partial charge >= 0.3 is 0 Å². The highest BCUT2D eigenvalue weighted by atomic mass is 16.5. The monoisotopic (exact) mass is 377 g/mol. The van der Waals surface area contributed by atoms with Crippen LogP contribution in [0.25, 0.3) is 0 Å². The number of methoxy groups -OCH3 is 1. The molecule has 0 aromatic heterocycles. The summed E-state index contributed by atoms with van der Waals surface area (Å²) in [5.74, 6) is 1.49. The van der Waals surface area contributed by atoms with Gasteiger partial charge in [0.05, 0.1) is 26.4 Å². The van der Waals surface area contributed by atoms with Gasteiger partial charge in [-0.15, -0.1) is 0 Å². The number of benzene rings is 1. The van der Waals surface area contributed by atoms with Crippen molar-refractivity contribution in [3.63, 3.8) is 0 Å². The lowest BCUT2D eigenvalue weighted by atomic mass is 10.1. The van der Waals surface area contributed by atoms with Gasteiger partial charge in [-0.05, 0) is 37.8 Å². The summed E-state index contributed by atoms with van der Waals surface area (Å²) in [4.78, 5) is 4.59. The van der Waals surface area contributed by atoms with Crippen LogP contribution in [0.2, 0.25) is 0 Å². The number of nitrogens with one attached hydrogen (secondary N) is 2. The van der Waals surface area contributed by atoms with Crippen LogP contribution in [0.5, 0.6) is 11.5 Å². The van der Waals surface area contributed by atoms with Crippen molar-refractivity contribution in [3.05, 3.63) is 23.8 Å². The van der Waals surface area contributed by atoms with Crippen molar-refractivity contribution in [2.45, 2.75) is 58.0 Å². The lowest BCUT2D eigenvalue weighted by Gasteiger charge is -2.15. The molecule has 0 heterocycles. The van der Waals surface area contributed by atoms with Crippen LogP contribution in [0.3, 0.4) is 0 Å². The summed E-state index contributed by atoms with van der Waals surface area (Å²) < 4.78 is 11.2. The van der Waals surface area contributed by atoms with Crippen molar-refractivity contribution >= 4 is 5.96 Å². The Labute approximate surface area is 163 Å². The molecule has 1 aliphatic carbocycles. The molecule has 3 N–H and O–H groups in total. The molecule has 0 aliphatic heterocycles. The molecular formula is C21H35N3O3. The Morgan fingerprint density at radius 2 is 1.96 bits per heavy atom. The van der Waals surface area contributed by atoms with Crippen LogP contribution in [-0.2, 0) is 11.2 Å². The zero-order valence-electron chi connectivity index (χ0n) is 16.8. The van der Waals surface area contributed by atoms with Gasteiger partial charge < -0.3 is 25.2 Å². The van der Waals surface area contributed by atoms with Crippen molar-refractivity contribution < 1.29 is 14.6 Å². The first-order valence-electron chi connectivity index (χ1n) is 10.2. The molecule has 0 bridgehead atoms. The van der Waals surface area contributed by atoms with Crippen LogP contribution in [-0.4, -0.2) is 50.5 Å². The third-order valence-electron chi connectivity index (χ3n) is 4.85. The van der Waals surface area contributed by atoms with Gasteiger partial charge in [0.2, 0.25) is 0 Å². The molecule has 0 atom stereocenters. The molecule has 0 saturated heterocycles. The molecule has 1 fully saturated rings. The number of para-hydroxylation sites is 1. The number of ether oxygens (including phenoxy) is 2. The molecule has 1 aromatic carbocycles. The van der Waals surface area contributed by atoms with E-state index in [1.807, 2.05) is 19.1 Å². The van der Waals surface area contributed by atoms with Gasteiger partial charge in [0.25, 0.3) is 0 Å². The van der Waals surface area contributed by atoms with Crippen LogP contribution in [0.15, 0.2) is 23.2 Å². The minimum absolute atomic E-state index is 0.209. The zero-order valence-corrected chi connectivity index (χ0v) is 16.8. The molecule has 6 nitrogen and oxygen atoms in total. The Balaban J connectivity index is 1.74. The van der Waals surface area contributed by atoms with Crippen LogP contribution in [0.1, 0.15) is 51.0 Å². The molecule has 152 valence electrons. The number of hydrogen-bond acceptors (Lipinski definition) is 4. The fourth-order valence-corrected chi connectivity index (χ4v) is 3.38. The summed E-state index contributed by atoms with van der Waals surface area (Å²) in [6.45, 7) is 4.84. The first-order chi connectivity index (χ1) is 13.2. The van der Waals surface area contributed by atoms with Gasteiger partial charge in [-0.1, -0.05) is 37.8 Å². The van der Waals surface area contributed by atoms with Crippen molar-refractivity contribution in [2.75, 3.05) is 33.4 Å². The average Bonchev–Trinajstić information content (AvgIpc) is 2.95. The SMILES string of the molecule is CCNC(=NCCOC1CCCCCC1)NCCc1cccc(OC)c1O. The number of aliphatic imine (C=N–C) groups is 1. The van der Waals surface area contributed by atoms with Crippen LogP contribution >= 0.6 is 0 Å². The molecule has 0 unspecified atom stereocenters. The number of phenols is 1. The van der Waals surface area contributed by atoms with Gasteiger partial charge in [0, 0.05) is 13.1 Å². The minimum Gasteiger partial charge on any atom is -0.504 e. The molecular weight excluding hydrogens is 342 g/mol. The maximum absolute atomic E-state index is 10.2. The molecule has 6 heteroatoms. The largest absolute Gasteiger partial charge is 0.504 e. The van der Waals surface area contributed by atoms with Gasteiger partial charge in [0.15, 0.2) is 17.5 Å². The molecule has 1 aliphatic rings. The Morgan fingerprint density at radius 3 is 2.67 bits per heavy atom. The van der Waals surface area contributed by atoms with E-state index in [-0.39, 0.29) is 5.75 Å². The highest BCUT2D eigenvalue weighted by molar-refractivity contribution is 5.79. The van der Waals surface area contributed by atoms with E-state index in [4.69, 9.17) is 9.47 Å². The summed E-state index contributed by atoms with van der Waals surface area (Å²) in [5.41, 5.74) is 0.856. The fraction of sp³-hybridized carbons (Fsp3) is 0.667. The van der Waals surface area contributed by atoms with Crippen LogP contribution in [0, 0.1) is 0 Å². The molecule has 0 spiro atoms. The van der Waals surface area contributed by atoms with E-state index in [9.17, 15) is 5.11 Å². The van der Waals surface area contributed by atoms with E-state index < -0.39 is 0 Å². The highest BCUT2D eigenvalue weighted by Crippen LogP contribution is 2.29. The van der Waals surface area contributed by atoms with E-state index in [2.05, 4.69) is 15.6 Å². The van der Waals surface area contributed by atoms with E-state index in [1.165, 1.54) is 38.5 Å². The quantitative estimate of drug-likeness (QED) is 0.267. The Kier molecular flexibility index (Phi) is 9.84. The van der Waals surface area contributed by atoms with E-state index in [0.29, 0.717) is 38.0 Å². The first-order valence-corrected chi connectivity index (χ1v) is 10.2. The summed E-state index contributed by atoms with van der Waals surface area (Å²) in [6, 6.07) is 5.55. The predicted molar refractivity (Wildman–Crippen MR) is 110 cm³/mol. The first kappa shape index (κ1) is 21.4. The Hall–Kier alpha value is -1.95. The van der Waals surface area contributed by atoms with Crippen LogP contribution < -0.4 is 15.4 Å². The second kappa shape index (κ2) is 12.4. The maximum atomic E-state index is 10.2. The van der Waals surface area contributed by atoms with Gasteiger partial charge in [0.1, 0.15) is 0 Å². The standard InChI is InChI=1S/C21H35N3O3/c1-3-22-21(24-15-16-27-18-10-6-4-5-7-11-18)23-14-13-17-9-8-12-19(26-2)20(17)25/h8-9,12,18,25H,3-7,10-11,13-16H2,1-2H3,(H2,22,23,24). The third kappa shape index (κ3) is 7.67. The summed E-state index contributed by atoms with van der Waals surface area (Å²) in [6.07, 6.45) is 8.73. The lowest BCUT2D eigenvalue weighted by Crippen LogP contribution is -2.38. The molecule has 1 saturated carbocycles. The minimum atomic E-state index is 0.209. The van der Waals surface area contributed by atoms with Crippen molar-refractivity contribution in [3.8, 4) is 11.5 Å². The summed E-state index contributed by atoms with van der Waals surface area (Å²) in [5, 5.41) is 16.7. The maximum Gasteiger partial charge on any atom is 0.191 e. The number of nitrogens with zero attached hydrogens (tertiary/aromatic N) is 1. The topological polar surface area (TPSA) is 75.1 Å². The van der Waals surface area contributed by atoms with E-state index in [0.717, 1.165) is 18.1 Å². The normalized spacial score (nSPS) is 16.0. The lowest BCUT2D eigenvalue weighted by molar-refractivity contribution is 0.0487. The number of rotatable bonds is 9. The predicted octanol–water partition coefficient (Wildman–Crippen LogP) is 3.24. The molecule has 2 rings (SSSR count). The number of phenolic OH excluding ortho intramolecular Hbond substituents is 1. The number of guanidine groups is 1.